The summed E-state index contributed by atoms with van der Waals surface area (Å²) < 4.78 is 27.6. The minimum Gasteiger partial charge on any atom is -0.313 e. The van der Waals surface area contributed by atoms with E-state index in [9.17, 15) is 8.42 Å². The highest BCUT2D eigenvalue weighted by atomic mass is 35.5. The Morgan fingerprint density at radius 3 is 2.75 bits per heavy atom. The number of sulfonamides is 1. The van der Waals surface area contributed by atoms with Crippen molar-refractivity contribution in [3.63, 3.8) is 0 Å². The van der Waals surface area contributed by atoms with E-state index < -0.39 is 10.0 Å². The Morgan fingerprint density at radius 2 is 2.25 bits per heavy atom. The molecule has 1 aromatic rings. The molecule has 1 aliphatic heterocycles. The maximum absolute atomic E-state index is 12.7. The zero-order chi connectivity index (χ0) is 14.8. The molecule has 4 nitrogen and oxygen atoms in total. The van der Waals surface area contributed by atoms with Crippen LogP contribution in [0, 0.1) is 0 Å². The van der Waals surface area contributed by atoms with E-state index in [1.54, 1.807) is 0 Å². The Labute approximate surface area is 134 Å². The lowest BCUT2D eigenvalue weighted by atomic mass is 10.2. The highest BCUT2D eigenvalue weighted by Crippen LogP contribution is 2.36. The quantitative estimate of drug-likeness (QED) is 0.851. The Bertz CT molecular complexity index is 554. The van der Waals surface area contributed by atoms with E-state index >= 15 is 0 Å². The minimum atomic E-state index is -3.57. The molecule has 0 bridgehead atoms. The van der Waals surface area contributed by atoms with Gasteiger partial charge in [-0.05, 0) is 31.9 Å². The normalized spacial score (nSPS) is 19.9. The maximum Gasteiger partial charge on any atom is 0.245 e. The van der Waals surface area contributed by atoms with E-state index in [2.05, 4.69) is 5.32 Å². The van der Waals surface area contributed by atoms with E-state index in [1.165, 1.54) is 10.4 Å². The van der Waals surface area contributed by atoms with E-state index in [0.29, 0.717) is 17.4 Å². The molecule has 0 saturated carbocycles. The van der Waals surface area contributed by atoms with Gasteiger partial charge in [-0.3, -0.25) is 0 Å². The largest absolute Gasteiger partial charge is 0.313 e. The predicted octanol–water partition coefficient (Wildman–Crippen LogP) is 3.21. The second-order valence-electron chi connectivity index (χ2n) is 4.84. The summed E-state index contributed by atoms with van der Waals surface area (Å²) in [5.74, 6) is 0. The van der Waals surface area contributed by atoms with Crippen LogP contribution in [0.1, 0.15) is 26.2 Å². The number of halogens is 2. The number of hydrogen-bond donors (Lipinski definition) is 1. The van der Waals surface area contributed by atoms with Gasteiger partial charge in [-0.25, -0.2) is 8.42 Å². The third kappa shape index (κ3) is 3.67. The average Bonchev–Trinajstić information content (AvgIpc) is 2.98. The van der Waals surface area contributed by atoms with Gasteiger partial charge in [-0.1, -0.05) is 30.1 Å². The average molecular weight is 357 g/mol. The summed E-state index contributed by atoms with van der Waals surface area (Å²) in [5, 5.41) is 3.33. The second kappa shape index (κ2) is 6.94. The topological polar surface area (TPSA) is 49.4 Å². The van der Waals surface area contributed by atoms with Crippen LogP contribution in [0.15, 0.2) is 11.0 Å². The number of hydrogen-bond acceptors (Lipinski definition) is 4. The number of rotatable bonds is 6. The van der Waals surface area contributed by atoms with Gasteiger partial charge >= 0.3 is 0 Å². The van der Waals surface area contributed by atoms with Crippen LogP contribution in [0.5, 0.6) is 0 Å². The second-order valence-corrected chi connectivity index (χ2v) is 9.04. The molecule has 8 heteroatoms. The van der Waals surface area contributed by atoms with E-state index in [-0.39, 0.29) is 15.3 Å². The molecule has 1 atom stereocenters. The molecule has 0 aliphatic carbocycles. The smallest absolute Gasteiger partial charge is 0.245 e. The van der Waals surface area contributed by atoms with Crippen LogP contribution < -0.4 is 5.32 Å². The summed E-state index contributed by atoms with van der Waals surface area (Å²) in [6.07, 6.45) is 2.87. The zero-order valence-electron chi connectivity index (χ0n) is 11.2. The predicted molar refractivity (Wildman–Crippen MR) is 84.4 cm³/mol. The van der Waals surface area contributed by atoms with Crippen LogP contribution in [0.3, 0.4) is 0 Å². The minimum absolute atomic E-state index is 0.126. The molecule has 20 heavy (non-hydrogen) atoms. The standard InChI is InChI=1S/C12H18Cl2N2O2S2/c1-2-6-16(8-9-4-3-5-15-9)20(17,18)10-7-11(13)19-12(10)14/h7,9,15H,2-6,8H2,1H3. The lowest BCUT2D eigenvalue weighted by Gasteiger charge is -2.24. The summed E-state index contributed by atoms with van der Waals surface area (Å²) in [7, 11) is -3.57. The SMILES string of the molecule is CCCN(CC1CCCN1)S(=O)(=O)c1cc(Cl)sc1Cl. The van der Waals surface area contributed by atoms with Crippen LogP contribution in [0.2, 0.25) is 8.67 Å². The number of nitrogens with zero attached hydrogens (tertiary/aromatic N) is 1. The van der Waals surface area contributed by atoms with Crippen molar-refractivity contribution in [2.24, 2.45) is 0 Å². The molecule has 114 valence electrons. The lowest BCUT2D eigenvalue weighted by molar-refractivity contribution is 0.369. The molecule has 0 amide bonds. The zero-order valence-corrected chi connectivity index (χ0v) is 14.4. The van der Waals surface area contributed by atoms with Gasteiger partial charge in [-0.15, -0.1) is 11.3 Å². The molecule has 0 spiro atoms. The van der Waals surface area contributed by atoms with Crippen LogP contribution in [-0.2, 0) is 10.0 Å². The van der Waals surface area contributed by atoms with Crippen molar-refractivity contribution in [3.05, 3.63) is 14.7 Å². The molecular weight excluding hydrogens is 339 g/mol. The van der Waals surface area contributed by atoms with E-state index in [4.69, 9.17) is 23.2 Å². The molecule has 0 aromatic carbocycles. The van der Waals surface area contributed by atoms with Crippen molar-refractivity contribution in [3.8, 4) is 0 Å². The third-order valence-electron chi connectivity index (χ3n) is 3.30. The summed E-state index contributed by atoms with van der Waals surface area (Å²) in [6, 6.07) is 1.67. The van der Waals surface area contributed by atoms with E-state index in [0.717, 1.165) is 37.1 Å². The lowest BCUT2D eigenvalue weighted by Crippen LogP contribution is -2.41. The number of nitrogens with one attached hydrogen (secondary N) is 1. The van der Waals surface area contributed by atoms with Crippen molar-refractivity contribution in [1.82, 2.24) is 9.62 Å². The van der Waals surface area contributed by atoms with Gasteiger partial charge in [0.2, 0.25) is 10.0 Å². The van der Waals surface area contributed by atoms with E-state index in [1.807, 2.05) is 6.92 Å². The van der Waals surface area contributed by atoms with Crippen molar-refractivity contribution < 1.29 is 8.42 Å². The number of thiophene rings is 1. The molecular formula is C12H18Cl2N2O2S2. The summed E-state index contributed by atoms with van der Waals surface area (Å²) in [6.45, 7) is 3.90. The van der Waals surface area contributed by atoms with Gasteiger partial charge in [0.05, 0.1) is 4.34 Å². The highest BCUT2D eigenvalue weighted by Gasteiger charge is 2.30. The Kier molecular flexibility index (Phi) is 5.73. The third-order valence-corrected chi connectivity index (χ3v) is 6.92. The fraction of sp³-hybridized carbons (Fsp3) is 0.667. The van der Waals surface area contributed by atoms with Gasteiger partial charge in [0.25, 0.3) is 0 Å². The molecule has 1 aromatic heterocycles. The molecule has 1 N–H and O–H groups in total. The van der Waals surface area contributed by atoms with Crippen LogP contribution in [0.4, 0.5) is 0 Å². The van der Waals surface area contributed by atoms with Gasteiger partial charge in [0.15, 0.2) is 0 Å². The molecule has 1 aliphatic rings. The molecule has 2 rings (SSSR count). The van der Waals surface area contributed by atoms with Crippen molar-refractivity contribution in [2.75, 3.05) is 19.6 Å². The maximum atomic E-state index is 12.7. The van der Waals surface area contributed by atoms with Crippen molar-refractivity contribution in [2.45, 2.75) is 37.1 Å². The van der Waals surface area contributed by atoms with Crippen LogP contribution in [-0.4, -0.2) is 38.4 Å². The molecule has 1 saturated heterocycles. The molecule has 1 unspecified atom stereocenters. The molecule has 0 radical (unpaired) electrons. The Balaban J connectivity index is 2.24. The Morgan fingerprint density at radius 1 is 1.50 bits per heavy atom. The van der Waals surface area contributed by atoms with Gasteiger partial charge < -0.3 is 5.32 Å². The first-order valence-corrected chi connectivity index (χ1v) is 9.64. The molecule has 1 fully saturated rings. The molecule has 2 heterocycles. The first-order valence-electron chi connectivity index (χ1n) is 6.63. The van der Waals surface area contributed by atoms with Crippen LogP contribution in [0.25, 0.3) is 0 Å². The summed E-state index contributed by atoms with van der Waals surface area (Å²) in [4.78, 5) is 0.126. The van der Waals surface area contributed by atoms with Crippen molar-refractivity contribution >= 4 is 44.6 Å². The van der Waals surface area contributed by atoms with Gasteiger partial charge in [-0.2, -0.15) is 4.31 Å². The summed E-state index contributed by atoms with van der Waals surface area (Å²) >= 11 is 12.9. The van der Waals surface area contributed by atoms with Crippen molar-refractivity contribution in [1.29, 1.82) is 0 Å². The van der Waals surface area contributed by atoms with Gasteiger partial charge in [0.1, 0.15) is 9.23 Å². The van der Waals surface area contributed by atoms with Crippen LogP contribution >= 0.6 is 34.5 Å². The first kappa shape index (κ1) is 16.5. The van der Waals surface area contributed by atoms with Gasteiger partial charge in [0, 0.05) is 19.1 Å². The highest BCUT2D eigenvalue weighted by molar-refractivity contribution is 7.89. The fourth-order valence-corrected chi connectivity index (χ4v) is 6.05. The monoisotopic (exact) mass is 356 g/mol. The first-order chi connectivity index (χ1) is 9.45. The Hall–Kier alpha value is 0.150. The summed E-state index contributed by atoms with van der Waals surface area (Å²) in [5.41, 5.74) is 0. The fourth-order valence-electron chi connectivity index (χ4n) is 2.36.